The molecule has 1 aliphatic heterocycles. The predicted molar refractivity (Wildman–Crippen MR) is 72.9 cm³/mol. The van der Waals surface area contributed by atoms with E-state index in [1.807, 2.05) is 30.3 Å². The molecule has 1 aromatic rings. The predicted octanol–water partition coefficient (Wildman–Crippen LogP) is 2.47. The van der Waals surface area contributed by atoms with Crippen LogP contribution in [0, 0.1) is 5.92 Å². The second-order valence-electron chi connectivity index (χ2n) is 4.88. The van der Waals surface area contributed by atoms with E-state index < -0.39 is 0 Å². The van der Waals surface area contributed by atoms with E-state index in [1.165, 1.54) is 6.42 Å². The first-order valence-corrected chi connectivity index (χ1v) is 6.85. The average molecular weight is 249 g/mol. The molecule has 0 bridgehead atoms. The third kappa shape index (κ3) is 4.31. The van der Waals surface area contributed by atoms with Crippen LogP contribution in [0.25, 0.3) is 0 Å². The van der Waals surface area contributed by atoms with Gasteiger partial charge >= 0.3 is 0 Å². The maximum absolute atomic E-state index is 5.65. The quantitative estimate of drug-likeness (QED) is 0.753. The molecule has 1 aromatic carbocycles. The van der Waals surface area contributed by atoms with Crippen LogP contribution in [-0.2, 0) is 4.74 Å². The fraction of sp³-hybridized carbons (Fsp3) is 0.600. The molecule has 0 aliphatic carbocycles. The zero-order valence-corrected chi connectivity index (χ0v) is 11.1. The van der Waals surface area contributed by atoms with Crippen LogP contribution in [-0.4, -0.2) is 32.4 Å². The molecule has 0 unspecified atom stereocenters. The van der Waals surface area contributed by atoms with Gasteiger partial charge in [0.1, 0.15) is 5.75 Å². The molecule has 1 N–H and O–H groups in total. The number of ether oxygens (including phenoxy) is 2. The van der Waals surface area contributed by atoms with Crippen molar-refractivity contribution < 1.29 is 9.47 Å². The molecule has 0 amide bonds. The summed E-state index contributed by atoms with van der Waals surface area (Å²) in [6.45, 7) is 5.86. The molecule has 0 saturated carbocycles. The Balaban J connectivity index is 1.53. The van der Waals surface area contributed by atoms with Gasteiger partial charge in [-0.15, -0.1) is 0 Å². The molecule has 0 radical (unpaired) electrons. The van der Waals surface area contributed by atoms with Crippen LogP contribution < -0.4 is 10.1 Å². The molecule has 100 valence electrons. The molecule has 18 heavy (non-hydrogen) atoms. The van der Waals surface area contributed by atoms with Crippen molar-refractivity contribution in [3.05, 3.63) is 30.3 Å². The third-order valence-electron chi connectivity index (χ3n) is 3.47. The molecule has 0 aromatic heterocycles. The van der Waals surface area contributed by atoms with Crippen LogP contribution in [0.3, 0.4) is 0 Å². The minimum absolute atomic E-state index is 0.546. The summed E-state index contributed by atoms with van der Waals surface area (Å²) in [5, 5.41) is 3.55. The van der Waals surface area contributed by atoms with Gasteiger partial charge in [0.25, 0.3) is 0 Å². The Morgan fingerprint density at radius 1 is 1.39 bits per heavy atom. The Morgan fingerprint density at radius 2 is 2.22 bits per heavy atom. The highest BCUT2D eigenvalue weighted by molar-refractivity contribution is 5.20. The molecular formula is C15H23NO2. The minimum Gasteiger partial charge on any atom is -0.494 e. The van der Waals surface area contributed by atoms with Crippen molar-refractivity contribution in [1.82, 2.24) is 5.32 Å². The lowest BCUT2D eigenvalue weighted by molar-refractivity contribution is 0.178. The van der Waals surface area contributed by atoms with Crippen molar-refractivity contribution in [1.29, 1.82) is 0 Å². The smallest absolute Gasteiger partial charge is 0.119 e. The lowest BCUT2D eigenvalue weighted by Crippen LogP contribution is -2.34. The van der Waals surface area contributed by atoms with Gasteiger partial charge in [0.05, 0.1) is 13.2 Å². The van der Waals surface area contributed by atoms with Gasteiger partial charge < -0.3 is 14.8 Å². The summed E-state index contributed by atoms with van der Waals surface area (Å²) in [6, 6.07) is 10.5. The maximum atomic E-state index is 5.65. The summed E-state index contributed by atoms with van der Waals surface area (Å²) in [6.07, 6.45) is 2.22. The van der Waals surface area contributed by atoms with E-state index in [0.29, 0.717) is 12.0 Å². The van der Waals surface area contributed by atoms with Gasteiger partial charge in [-0.3, -0.25) is 0 Å². The van der Waals surface area contributed by atoms with Crippen molar-refractivity contribution in [2.75, 3.05) is 26.4 Å². The van der Waals surface area contributed by atoms with Crippen LogP contribution in [0.5, 0.6) is 5.75 Å². The molecule has 2 atom stereocenters. The molecule has 2 rings (SSSR count). The second kappa shape index (κ2) is 7.39. The van der Waals surface area contributed by atoms with E-state index in [-0.39, 0.29) is 0 Å². The van der Waals surface area contributed by atoms with Gasteiger partial charge in [-0.25, -0.2) is 0 Å². The van der Waals surface area contributed by atoms with Crippen molar-refractivity contribution >= 4 is 0 Å². The molecule has 1 heterocycles. The number of hydrogen-bond donors (Lipinski definition) is 1. The fourth-order valence-electron chi connectivity index (χ4n) is 2.22. The fourth-order valence-corrected chi connectivity index (χ4v) is 2.22. The Kier molecular flexibility index (Phi) is 5.49. The zero-order valence-electron chi connectivity index (χ0n) is 11.1. The topological polar surface area (TPSA) is 30.5 Å². The Labute approximate surface area is 109 Å². The van der Waals surface area contributed by atoms with Crippen LogP contribution in [0.15, 0.2) is 30.3 Å². The van der Waals surface area contributed by atoms with Crippen molar-refractivity contribution in [2.24, 2.45) is 5.92 Å². The molecule has 3 heteroatoms. The lowest BCUT2D eigenvalue weighted by atomic mass is 10.0. The summed E-state index contributed by atoms with van der Waals surface area (Å²) in [5.74, 6) is 1.63. The zero-order chi connectivity index (χ0) is 12.6. The van der Waals surface area contributed by atoms with Crippen molar-refractivity contribution in [3.8, 4) is 5.75 Å². The molecule has 1 fully saturated rings. The second-order valence-corrected chi connectivity index (χ2v) is 4.88. The van der Waals surface area contributed by atoms with Gasteiger partial charge in [0.15, 0.2) is 0 Å². The minimum atomic E-state index is 0.546. The third-order valence-corrected chi connectivity index (χ3v) is 3.47. The number of nitrogens with one attached hydrogen (secondary N) is 1. The lowest BCUT2D eigenvalue weighted by Gasteiger charge is -2.19. The maximum Gasteiger partial charge on any atom is 0.119 e. The van der Waals surface area contributed by atoms with Crippen molar-refractivity contribution in [3.63, 3.8) is 0 Å². The van der Waals surface area contributed by atoms with Gasteiger partial charge in [0, 0.05) is 12.6 Å². The first-order valence-electron chi connectivity index (χ1n) is 6.85. The van der Waals surface area contributed by atoms with Crippen LogP contribution in [0.2, 0.25) is 0 Å². The SMILES string of the molecule is C[C@@H](NCCCOc1ccccc1)[C@H]1CCOC1. The molecule has 1 saturated heterocycles. The largest absolute Gasteiger partial charge is 0.494 e. The standard InChI is InChI=1S/C15H23NO2/c1-13(14-8-11-17-12-14)16-9-5-10-18-15-6-3-2-4-7-15/h2-4,6-7,13-14,16H,5,8-12H2,1H3/t13-,14+/m1/s1. The highest BCUT2D eigenvalue weighted by atomic mass is 16.5. The molecular weight excluding hydrogens is 226 g/mol. The number of hydrogen-bond acceptors (Lipinski definition) is 3. The van der Waals surface area contributed by atoms with E-state index >= 15 is 0 Å². The Bertz CT molecular complexity index is 323. The molecule has 1 aliphatic rings. The van der Waals surface area contributed by atoms with Crippen LogP contribution in [0.4, 0.5) is 0 Å². The number of rotatable bonds is 7. The van der Waals surface area contributed by atoms with Gasteiger partial charge in [-0.1, -0.05) is 18.2 Å². The monoisotopic (exact) mass is 249 g/mol. The van der Waals surface area contributed by atoms with E-state index in [2.05, 4.69) is 12.2 Å². The van der Waals surface area contributed by atoms with E-state index in [1.54, 1.807) is 0 Å². The van der Waals surface area contributed by atoms with Gasteiger partial charge in [-0.05, 0) is 44.4 Å². The summed E-state index contributed by atoms with van der Waals surface area (Å²) in [7, 11) is 0. The Morgan fingerprint density at radius 3 is 2.94 bits per heavy atom. The first kappa shape index (κ1) is 13.4. The number of benzene rings is 1. The summed E-state index contributed by atoms with van der Waals surface area (Å²) < 4.78 is 11.0. The summed E-state index contributed by atoms with van der Waals surface area (Å²) in [5.41, 5.74) is 0. The van der Waals surface area contributed by atoms with Crippen LogP contribution in [0.1, 0.15) is 19.8 Å². The average Bonchev–Trinajstić information content (AvgIpc) is 2.93. The first-order chi connectivity index (χ1) is 8.86. The van der Waals surface area contributed by atoms with Crippen molar-refractivity contribution in [2.45, 2.75) is 25.8 Å². The normalized spacial score (nSPS) is 20.8. The van der Waals surface area contributed by atoms with E-state index in [4.69, 9.17) is 9.47 Å². The highest BCUT2D eigenvalue weighted by Gasteiger charge is 2.21. The van der Waals surface area contributed by atoms with E-state index in [0.717, 1.165) is 38.5 Å². The van der Waals surface area contributed by atoms with E-state index in [9.17, 15) is 0 Å². The highest BCUT2D eigenvalue weighted by Crippen LogP contribution is 2.16. The molecule has 0 spiro atoms. The van der Waals surface area contributed by atoms with Gasteiger partial charge in [-0.2, -0.15) is 0 Å². The summed E-state index contributed by atoms with van der Waals surface area (Å²) >= 11 is 0. The summed E-state index contributed by atoms with van der Waals surface area (Å²) in [4.78, 5) is 0. The number of para-hydroxylation sites is 1. The Hall–Kier alpha value is -1.06. The van der Waals surface area contributed by atoms with Gasteiger partial charge in [0.2, 0.25) is 0 Å². The molecule has 3 nitrogen and oxygen atoms in total. The van der Waals surface area contributed by atoms with Crippen LogP contribution >= 0.6 is 0 Å².